The van der Waals surface area contributed by atoms with Crippen molar-refractivity contribution in [2.75, 3.05) is 33.4 Å². The molecule has 1 aromatic rings. The lowest BCUT2D eigenvalue weighted by Crippen LogP contribution is -2.33. The van der Waals surface area contributed by atoms with E-state index in [0.717, 1.165) is 6.54 Å². The van der Waals surface area contributed by atoms with Gasteiger partial charge in [-0.3, -0.25) is 9.59 Å². The minimum Gasteiger partial charge on any atom is -0.383 e. The molecule has 0 spiro atoms. The third kappa shape index (κ3) is 5.50. The van der Waals surface area contributed by atoms with Gasteiger partial charge in [0.15, 0.2) is 5.78 Å². The molecule has 0 aliphatic carbocycles. The van der Waals surface area contributed by atoms with Crippen LogP contribution < -0.4 is 10.6 Å². The number of rotatable bonds is 9. The van der Waals surface area contributed by atoms with Crippen molar-refractivity contribution in [1.82, 2.24) is 10.6 Å². The monoisotopic (exact) mass is 278 g/mol. The maximum absolute atomic E-state index is 11.8. The summed E-state index contributed by atoms with van der Waals surface area (Å²) in [6.45, 7) is 4.49. The van der Waals surface area contributed by atoms with E-state index in [9.17, 15) is 9.59 Å². The molecule has 110 valence electrons. The Balaban J connectivity index is 2.34. The Kier molecular flexibility index (Phi) is 7.54. The lowest BCUT2D eigenvalue weighted by atomic mass is 10.1. The molecular weight excluding hydrogens is 256 g/mol. The minimum atomic E-state index is -0.131. The Bertz CT molecular complexity index is 429. The number of Topliss-reactive ketones (excluding diaryl/α,β-unsaturated/α-hetero) is 1. The van der Waals surface area contributed by atoms with Crippen LogP contribution in [0.1, 0.15) is 34.1 Å². The number of benzene rings is 1. The lowest BCUT2D eigenvalue weighted by molar-refractivity contribution is 0.0950. The molecular formula is C15H22N2O3. The van der Waals surface area contributed by atoms with Crippen LogP contribution in [0, 0.1) is 0 Å². The highest BCUT2D eigenvalue weighted by Gasteiger charge is 2.07. The zero-order chi connectivity index (χ0) is 14.8. The molecule has 0 aliphatic heterocycles. The van der Waals surface area contributed by atoms with Crippen LogP contribution >= 0.6 is 0 Å². The average Bonchev–Trinajstić information content (AvgIpc) is 2.50. The largest absolute Gasteiger partial charge is 0.383 e. The fraction of sp³-hybridized carbons (Fsp3) is 0.467. The number of ether oxygens (including phenoxy) is 1. The third-order valence-electron chi connectivity index (χ3n) is 2.86. The normalized spacial score (nSPS) is 10.3. The summed E-state index contributed by atoms with van der Waals surface area (Å²) in [5, 5.41) is 5.95. The molecule has 0 heterocycles. The standard InChI is InChI=1S/C15H22N2O3/c1-3-14(18)12-4-6-13(7-5-12)15(19)17-9-8-16-10-11-20-2/h4-7,16H,3,8-11H2,1-2H3,(H,17,19). The fourth-order valence-electron chi connectivity index (χ4n) is 1.68. The molecule has 0 radical (unpaired) electrons. The summed E-state index contributed by atoms with van der Waals surface area (Å²) in [7, 11) is 1.65. The SMILES string of the molecule is CCC(=O)c1ccc(C(=O)NCCNCCOC)cc1. The van der Waals surface area contributed by atoms with Gasteiger partial charge in [0, 0.05) is 44.3 Å². The Morgan fingerprint density at radius 3 is 2.30 bits per heavy atom. The first-order valence-electron chi connectivity index (χ1n) is 6.80. The Hall–Kier alpha value is -1.72. The predicted molar refractivity (Wildman–Crippen MR) is 78.1 cm³/mol. The summed E-state index contributed by atoms with van der Waals surface area (Å²) >= 11 is 0. The van der Waals surface area contributed by atoms with Crippen molar-refractivity contribution >= 4 is 11.7 Å². The summed E-state index contributed by atoms with van der Waals surface area (Å²) < 4.78 is 4.90. The zero-order valence-electron chi connectivity index (χ0n) is 12.1. The van der Waals surface area contributed by atoms with E-state index in [1.165, 1.54) is 0 Å². The first kappa shape index (κ1) is 16.3. The number of carbonyl (C=O) groups is 2. The molecule has 0 unspecified atom stereocenters. The minimum absolute atomic E-state index is 0.0827. The lowest BCUT2D eigenvalue weighted by Gasteiger charge is -2.07. The molecule has 1 rings (SSSR count). The Morgan fingerprint density at radius 2 is 1.70 bits per heavy atom. The summed E-state index contributed by atoms with van der Waals surface area (Å²) in [6, 6.07) is 6.74. The molecule has 0 fully saturated rings. The fourth-order valence-corrected chi connectivity index (χ4v) is 1.68. The van der Waals surface area contributed by atoms with Gasteiger partial charge < -0.3 is 15.4 Å². The van der Waals surface area contributed by atoms with Crippen molar-refractivity contribution in [1.29, 1.82) is 0 Å². The van der Waals surface area contributed by atoms with Crippen LogP contribution in [-0.4, -0.2) is 45.0 Å². The van der Waals surface area contributed by atoms with Crippen LogP contribution in [0.15, 0.2) is 24.3 Å². The van der Waals surface area contributed by atoms with Crippen LogP contribution in [0.4, 0.5) is 0 Å². The quantitative estimate of drug-likeness (QED) is 0.527. The van der Waals surface area contributed by atoms with Gasteiger partial charge in [-0.25, -0.2) is 0 Å². The molecule has 2 N–H and O–H groups in total. The van der Waals surface area contributed by atoms with E-state index in [1.807, 2.05) is 6.92 Å². The second-order valence-electron chi connectivity index (χ2n) is 4.35. The van der Waals surface area contributed by atoms with Gasteiger partial charge in [0.05, 0.1) is 6.61 Å². The number of methoxy groups -OCH3 is 1. The van der Waals surface area contributed by atoms with Gasteiger partial charge in [0.25, 0.3) is 5.91 Å². The Labute approximate surface area is 119 Å². The highest BCUT2D eigenvalue weighted by molar-refractivity contribution is 5.98. The van der Waals surface area contributed by atoms with E-state index >= 15 is 0 Å². The summed E-state index contributed by atoms with van der Waals surface area (Å²) in [5.74, 6) is -0.0478. The van der Waals surface area contributed by atoms with Gasteiger partial charge in [-0.2, -0.15) is 0 Å². The maximum Gasteiger partial charge on any atom is 0.251 e. The van der Waals surface area contributed by atoms with E-state index in [-0.39, 0.29) is 11.7 Å². The smallest absolute Gasteiger partial charge is 0.251 e. The number of ketones is 1. The van der Waals surface area contributed by atoms with E-state index in [4.69, 9.17) is 4.74 Å². The molecule has 5 nitrogen and oxygen atoms in total. The topological polar surface area (TPSA) is 67.4 Å². The van der Waals surface area contributed by atoms with E-state index < -0.39 is 0 Å². The number of hydrogen-bond donors (Lipinski definition) is 2. The molecule has 0 atom stereocenters. The molecule has 5 heteroatoms. The first-order valence-corrected chi connectivity index (χ1v) is 6.80. The highest BCUT2D eigenvalue weighted by atomic mass is 16.5. The van der Waals surface area contributed by atoms with E-state index in [0.29, 0.717) is 37.2 Å². The van der Waals surface area contributed by atoms with Gasteiger partial charge in [-0.15, -0.1) is 0 Å². The van der Waals surface area contributed by atoms with Crippen LogP contribution in [0.2, 0.25) is 0 Å². The van der Waals surface area contributed by atoms with Gasteiger partial charge in [-0.1, -0.05) is 19.1 Å². The number of amides is 1. The zero-order valence-corrected chi connectivity index (χ0v) is 12.1. The summed E-state index contributed by atoms with van der Waals surface area (Å²) in [4.78, 5) is 23.3. The van der Waals surface area contributed by atoms with Crippen molar-refractivity contribution in [3.8, 4) is 0 Å². The van der Waals surface area contributed by atoms with Crippen molar-refractivity contribution in [2.24, 2.45) is 0 Å². The molecule has 20 heavy (non-hydrogen) atoms. The van der Waals surface area contributed by atoms with Crippen molar-refractivity contribution in [2.45, 2.75) is 13.3 Å². The third-order valence-corrected chi connectivity index (χ3v) is 2.86. The van der Waals surface area contributed by atoms with Gasteiger partial charge >= 0.3 is 0 Å². The maximum atomic E-state index is 11.8. The van der Waals surface area contributed by atoms with Gasteiger partial charge in [-0.05, 0) is 12.1 Å². The number of carbonyl (C=O) groups excluding carboxylic acids is 2. The van der Waals surface area contributed by atoms with Crippen LogP contribution in [0.25, 0.3) is 0 Å². The van der Waals surface area contributed by atoms with Gasteiger partial charge in [0.2, 0.25) is 0 Å². The van der Waals surface area contributed by atoms with E-state index in [1.54, 1.807) is 31.4 Å². The number of hydrogen-bond acceptors (Lipinski definition) is 4. The molecule has 1 aromatic carbocycles. The Morgan fingerprint density at radius 1 is 1.05 bits per heavy atom. The molecule has 0 aliphatic rings. The predicted octanol–water partition coefficient (Wildman–Crippen LogP) is 1.25. The molecule has 0 saturated carbocycles. The highest BCUT2D eigenvalue weighted by Crippen LogP contribution is 2.06. The van der Waals surface area contributed by atoms with Crippen LogP contribution in [0.3, 0.4) is 0 Å². The molecule has 1 amide bonds. The second kappa shape index (κ2) is 9.23. The number of nitrogens with one attached hydrogen (secondary N) is 2. The molecule has 0 bridgehead atoms. The summed E-state index contributed by atoms with van der Waals surface area (Å²) in [6.07, 6.45) is 0.471. The molecule has 0 saturated heterocycles. The second-order valence-corrected chi connectivity index (χ2v) is 4.35. The van der Waals surface area contributed by atoms with Crippen molar-refractivity contribution in [3.05, 3.63) is 35.4 Å². The molecule has 0 aromatic heterocycles. The first-order chi connectivity index (χ1) is 9.69. The van der Waals surface area contributed by atoms with E-state index in [2.05, 4.69) is 10.6 Å². The summed E-state index contributed by atoms with van der Waals surface area (Å²) in [5.41, 5.74) is 1.21. The average molecular weight is 278 g/mol. The van der Waals surface area contributed by atoms with Crippen LogP contribution in [0.5, 0.6) is 0 Å². The van der Waals surface area contributed by atoms with Gasteiger partial charge in [0.1, 0.15) is 0 Å². The van der Waals surface area contributed by atoms with Crippen molar-refractivity contribution < 1.29 is 14.3 Å². The van der Waals surface area contributed by atoms with Crippen LogP contribution in [-0.2, 0) is 4.74 Å². The van der Waals surface area contributed by atoms with Crippen molar-refractivity contribution in [3.63, 3.8) is 0 Å².